The normalized spacial score (nSPS) is 20.0. The van der Waals surface area contributed by atoms with Gasteiger partial charge in [0, 0.05) is 76.2 Å². The summed E-state index contributed by atoms with van der Waals surface area (Å²) in [6, 6.07) is 5.84. The maximum atomic E-state index is 13.0. The fourth-order valence-corrected chi connectivity index (χ4v) is 4.05. The highest BCUT2D eigenvalue weighted by Gasteiger charge is 2.37. The van der Waals surface area contributed by atoms with Crippen LogP contribution in [0, 0.1) is 12.8 Å². The molecule has 0 aromatic carbocycles. The average molecular weight is 379 g/mol. The van der Waals surface area contributed by atoms with Gasteiger partial charge >= 0.3 is 0 Å². The van der Waals surface area contributed by atoms with Gasteiger partial charge in [0.15, 0.2) is 0 Å². The quantitative estimate of drug-likeness (QED) is 0.805. The first-order valence-corrected chi connectivity index (χ1v) is 9.73. The molecule has 0 saturated carbocycles. The van der Waals surface area contributed by atoms with E-state index in [-0.39, 0.29) is 17.7 Å². The molecule has 0 radical (unpaired) electrons. The number of carbonyl (C=O) groups is 2. The number of amides is 2. The molecule has 7 nitrogen and oxygen atoms in total. The van der Waals surface area contributed by atoms with Gasteiger partial charge in [0.2, 0.25) is 11.8 Å². The lowest BCUT2D eigenvalue weighted by atomic mass is 10.1. The Hall–Kier alpha value is -2.96. The van der Waals surface area contributed by atoms with Crippen LogP contribution in [-0.4, -0.2) is 64.3 Å². The summed E-state index contributed by atoms with van der Waals surface area (Å²) in [5.41, 5.74) is 3.37. The number of hydrogen-bond donors (Lipinski definition) is 0. The second-order valence-corrected chi connectivity index (χ2v) is 7.51. The average Bonchev–Trinajstić information content (AvgIpc) is 3.09. The van der Waals surface area contributed by atoms with Gasteiger partial charge in [-0.1, -0.05) is 0 Å². The topological polar surface area (TPSA) is 69.6 Å². The predicted molar refractivity (Wildman–Crippen MR) is 106 cm³/mol. The Kier molecular flexibility index (Phi) is 5.23. The van der Waals surface area contributed by atoms with E-state index < -0.39 is 0 Å². The molecule has 4 heterocycles. The largest absolute Gasteiger partial charge is 0.368 e. The molecule has 7 heteroatoms. The maximum Gasteiger partial charge on any atom is 0.228 e. The summed E-state index contributed by atoms with van der Waals surface area (Å²) in [5.74, 6) is -0.0681. The number of rotatable bonds is 4. The molecule has 2 aliphatic rings. The van der Waals surface area contributed by atoms with Crippen molar-refractivity contribution in [3.05, 3.63) is 54.1 Å². The number of hydrogen-bond acceptors (Lipinski definition) is 5. The van der Waals surface area contributed by atoms with Gasteiger partial charge in [0.05, 0.1) is 5.92 Å². The highest BCUT2D eigenvalue weighted by molar-refractivity contribution is 5.89. The molecule has 0 spiro atoms. The van der Waals surface area contributed by atoms with Crippen molar-refractivity contribution in [2.45, 2.75) is 19.9 Å². The number of piperazine rings is 1. The van der Waals surface area contributed by atoms with E-state index in [2.05, 4.69) is 21.8 Å². The third-order valence-electron chi connectivity index (χ3n) is 5.61. The maximum absolute atomic E-state index is 13.0. The molecule has 1 atom stereocenters. The number of anilines is 1. The van der Waals surface area contributed by atoms with Crippen LogP contribution in [0.4, 0.5) is 5.69 Å². The number of likely N-dealkylation sites (tertiary alicyclic amines) is 1. The zero-order chi connectivity index (χ0) is 19.5. The Morgan fingerprint density at radius 1 is 1.07 bits per heavy atom. The predicted octanol–water partition coefficient (Wildman–Crippen LogP) is 1.48. The summed E-state index contributed by atoms with van der Waals surface area (Å²) in [4.78, 5) is 39.5. The molecule has 146 valence electrons. The van der Waals surface area contributed by atoms with Crippen LogP contribution in [0.3, 0.4) is 0 Å². The molecule has 2 saturated heterocycles. The molecular weight excluding hydrogens is 354 g/mol. The highest BCUT2D eigenvalue weighted by Crippen LogP contribution is 2.24. The van der Waals surface area contributed by atoms with Crippen LogP contribution in [0.5, 0.6) is 0 Å². The zero-order valence-electron chi connectivity index (χ0n) is 16.1. The fourth-order valence-electron chi connectivity index (χ4n) is 4.05. The number of nitrogens with zero attached hydrogens (tertiary/aromatic N) is 5. The number of aromatic nitrogens is 2. The van der Waals surface area contributed by atoms with Crippen molar-refractivity contribution < 1.29 is 9.59 Å². The zero-order valence-corrected chi connectivity index (χ0v) is 16.1. The van der Waals surface area contributed by atoms with Crippen LogP contribution >= 0.6 is 0 Å². The minimum Gasteiger partial charge on any atom is -0.368 e. The van der Waals surface area contributed by atoms with E-state index in [0.29, 0.717) is 32.6 Å². The number of aryl methyl sites for hydroxylation is 1. The molecule has 2 amide bonds. The Balaban J connectivity index is 1.33. The van der Waals surface area contributed by atoms with Crippen LogP contribution < -0.4 is 4.90 Å². The van der Waals surface area contributed by atoms with Crippen molar-refractivity contribution in [3.8, 4) is 0 Å². The minimum absolute atomic E-state index is 0.0567. The van der Waals surface area contributed by atoms with E-state index >= 15 is 0 Å². The van der Waals surface area contributed by atoms with Crippen molar-refractivity contribution in [1.29, 1.82) is 0 Å². The summed E-state index contributed by atoms with van der Waals surface area (Å²) in [6.07, 6.45) is 7.44. The summed E-state index contributed by atoms with van der Waals surface area (Å²) in [6.45, 7) is 6.09. The van der Waals surface area contributed by atoms with Crippen molar-refractivity contribution in [2.75, 3.05) is 37.6 Å². The molecule has 2 aromatic rings. The van der Waals surface area contributed by atoms with Gasteiger partial charge in [-0.3, -0.25) is 19.6 Å². The van der Waals surface area contributed by atoms with Gasteiger partial charge in [-0.25, -0.2) is 0 Å². The lowest BCUT2D eigenvalue weighted by Crippen LogP contribution is -2.50. The molecule has 2 fully saturated rings. The second kappa shape index (κ2) is 7.96. The monoisotopic (exact) mass is 379 g/mol. The van der Waals surface area contributed by atoms with Crippen molar-refractivity contribution in [1.82, 2.24) is 19.8 Å². The summed E-state index contributed by atoms with van der Waals surface area (Å²) in [7, 11) is 0. The van der Waals surface area contributed by atoms with E-state index in [4.69, 9.17) is 0 Å². The van der Waals surface area contributed by atoms with Crippen LogP contribution in [0.2, 0.25) is 0 Å². The smallest absolute Gasteiger partial charge is 0.228 e. The van der Waals surface area contributed by atoms with Gasteiger partial charge < -0.3 is 14.7 Å². The van der Waals surface area contributed by atoms with Crippen LogP contribution in [0.25, 0.3) is 0 Å². The minimum atomic E-state index is -0.233. The van der Waals surface area contributed by atoms with Gasteiger partial charge in [-0.05, 0) is 36.2 Å². The molecule has 0 bridgehead atoms. The first-order chi connectivity index (χ1) is 13.6. The van der Waals surface area contributed by atoms with E-state index in [1.54, 1.807) is 23.5 Å². The van der Waals surface area contributed by atoms with Crippen molar-refractivity contribution in [3.63, 3.8) is 0 Å². The summed E-state index contributed by atoms with van der Waals surface area (Å²) >= 11 is 0. The standard InChI is InChI=1S/C21H25N5O2/c1-16-13-23-7-4-19(16)24-8-10-25(11-9-24)21(28)18-12-20(27)26(15-18)14-17-2-5-22-6-3-17/h2-7,13,18H,8-12,14-15H2,1H3. The van der Waals surface area contributed by atoms with Gasteiger partial charge in [0.1, 0.15) is 0 Å². The molecule has 0 N–H and O–H groups in total. The molecule has 4 rings (SSSR count). The Morgan fingerprint density at radius 2 is 1.79 bits per heavy atom. The lowest BCUT2D eigenvalue weighted by molar-refractivity contribution is -0.136. The Bertz CT molecular complexity index is 849. The van der Waals surface area contributed by atoms with E-state index in [0.717, 1.165) is 24.2 Å². The molecule has 2 aromatic heterocycles. The fraction of sp³-hybridized carbons (Fsp3) is 0.429. The van der Waals surface area contributed by atoms with E-state index in [9.17, 15) is 9.59 Å². The number of pyridine rings is 2. The summed E-state index contributed by atoms with van der Waals surface area (Å²) in [5, 5.41) is 0. The Morgan fingerprint density at radius 3 is 2.50 bits per heavy atom. The summed E-state index contributed by atoms with van der Waals surface area (Å²) < 4.78 is 0. The SMILES string of the molecule is Cc1cnccc1N1CCN(C(=O)C2CC(=O)N(Cc3ccncc3)C2)CC1. The molecular formula is C21H25N5O2. The Labute approximate surface area is 165 Å². The van der Waals surface area contributed by atoms with Crippen LogP contribution in [-0.2, 0) is 16.1 Å². The third-order valence-corrected chi connectivity index (χ3v) is 5.61. The second-order valence-electron chi connectivity index (χ2n) is 7.51. The molecule has 1 unspecified atom stereocenters. The van der Waals surface area contributed by atoms with Gasteiger partial charge in [-0.2, -0.15) is 0 Å². The molecule has 0 aliphatic carbocycles. The lowest BCUT2D eigenvalue weighted by Gasteiger charge is -2.37. The first kappa shape index (κ1) is 18.4. The molecule has 28 heavy (non-hydrogen) atoms. The first-order valence-electron chi connectivity index (χ1n) is 9.73. The molecule has 2 aliphatic heterocycles. The van der Waals surface area contributed by atoms with E-state index in [1.165, 1.54) is 5.69 Å². The third kappa shape index (κ3) is 3.83. The van der Waals surface area contributed by atoms with Gasteiger partial charge in [-0.15, -0.1) is 0 Å². The van der Waals surface area contributed by atoms with E-state index in [1.807, 2.05) is 29.3 Å². The van der Waals surface area contributed by atoms with Crippen molar-refractivity contribution in [2.24, 2.45) is 5.92 Å². The number of carbonyl (C=O) groups excluding carboxylic acids is 2. The van der Waals surface area contributed by atoms with Crippen molar-refractivity contribution >= 4 is 17.5 Å². The van der Waals surface area contributed by atoms with Gasteiger partial charge in [0.25, 0.3) is 0 Å². The highest BCUT2D eigenvalue weighted by atomic mass is 16.2. The van der Waals surface area contributed by atoms with Crippen LogP contribution in [0.15, 0.2) is 43.0 Å². The van der Waals surface area contributed by atoms with Crippen LogP contribution in [0.1, 0.15) is 17.5 Å².